The monoisotopic (exact) mass is 401 g/mol. The third-order valence-corrected chi connectivity index (χ3v) is 6.20. The van der Waals surface area contributed by atoms with Gasteiger partial charge in [0.15, 0.2) is 0 Å². The van der Waals surface area contributed by atoms with E-state index in [-0.39, 0.29) is 0 Å². The molecule has 1 aliphatic rings. The quantitative estimate of drug-likeness (QED) is 0.358. The normalized spacial score (nSPS) is 15.2. The molecule has 3 aromatic carbocycles. The van der Waals surface area contributed by atoms with Crippen LogP contribution in [0.1, 0.15) is 56.1 Å². The fourth-order valence-corrected chi connectivity index (χ4v) is 4.46. The van der Waals surface area contributed by atoms with E-state index >= 15 is 0 Å². The Morgan fingerprint density at radius 2 is 1.43 bits per heavy atom. The highest BCUT2D eigenvalue weighted by atomic mass is 16.5. The third kappa shape index (κ3) is 6.34. The van der Waals surface area contributed by atoms with E-state index in [9.17, 15) is 0 Å². The molecule has 0 unspecified atom stereocenters. The standard InChI is InChI=1S/C28H35NO/c1-2-9-19-29(18-8-1)23-25-14-15-27-22-28(17-16-26(27)21-25)30-20-10-4-7-13-24-11-5-3-6-12-24/h3,5-6,11-12,14-17,21-22H,1-2,4,7-10,13,18-20,23H2. The molecule has 0 saturated carbocycles. The molecule has 0 aliphatic carbocycles. The highest BCUT2D eigenvalue weighted by molar-refractivity contribution is 5.84. The van der Waals surface area contributed by atoms with Crippen molar-refractivity contribution in [1.29, 1.82) is 0 Å². The molecule has 1 saturated heterocycles. The van der Waals surface area contributed by atoms with Gasteiger partial charge in [-0.05, 0) is 91.7 Å². The zero-order valence-corrected chi connectivity index (χ0v) is 18.2. The number of benzene rings is 3. The molecule has 0 N–H and O–H groups in total. The lowest BCUT2D eigenvalue weighted by Gasteiger charge is -2.20. The predicted molar refractivity (Wildman–Crippen MR) is 127 cm³/mol. The lowest BCUT2D eigenvalue weighted by Crippen LogP contribution is -2.23. The molecule has 0 spiro atoms. The van der Waals surface area contributed by atoms with Crippen LogP contribution in [-0.2, 0) is 13.0 Å². The minimum Gasteiger partial charge on any atom is -0.494 e. The van der Waals surface area contributed by atoms with Gasteiger partial charge < -0.3 is 4.74 Å². The molecule has 0 amide bonds. The molecule has 0 aromatic heterocycles. The average molecular weight is 402 g/mol. The maximum absolute atomic E-state index is 6.02. The summed E-state index contributed by atoms with van der Waals surface area (Å²) < 4.78 is 6.02. The number of aryl methyl sites for hydroxylation is 1. The van der Waals surface area contributed by atoms with Crippen LogP contribution >= 0.6 is 0 Å². The summed E-state index contributed by atoms with van der Waals surface area (Å²) in [5.74, 6) is 0.992. The molecule has 1 fully saturated rings. The number of likely N-dealkylation sites (tertiary alicyclic amines) is 1. The summed E-state index contributed by atoms with van der Waals surface area (Å²) in [6.45, 7) is 4.37. The maximum atomic E-state index is 6.02. The first-order chi connectivity index (χ1) is 14.9. The number of fused-ring (bicyclic) bond motifs is 1. The molecule has 0 atom stereocenters. The summed E-state index contributed by atoms with van der Waals surface area (Å²) in [6, 6.07) is 24.2. The van der Waals surface area contributed by atoms with Crippen LogP contribution in [0.3, 0.4) is 0 Å². The molecular weight excluding hydrogens is 366 g/mol. The number of hydrogen-bond donors (Lipinski definition) is 0. The van der Waals surface area contributed by atoms with Gasteiger partial charge in [0.25, 0.3) is 0 Å². The minimum atomic E-state index is 0.799. The van der Waals surface area contributed by atoms with Crippen molar-refractivity contribution < 1.29 is 4.74 Å². The Morgan fingerprint density at radius 1 is 0.667 bits per heavy atom. The topological polar surface area (TPSA) is 12.5 Å². The van der Waals surface area contributed by atoms with E-state index in [4.69, 9.17) is 4.74 Å². The van der Waals surface area contributed by atoms with Crippen LogP contribution in [0.4, 0.5) is 0 Å². The van der Waals surface area contributed by atoms with Crippen molar-refractivity contribution in [2.75, 3.05) is 19.7 Å². The van der Waals surface area contributed by atoms with Gasteiger partial charge in [0, 0.05) is 6.54 Å². The van der Waals surface area contributed by atoms with Crippen molar-refractivity contribution in [2.45, 2.75) is 57.9 Å². The molecule has 30 heavy (non-hydrogen) atoms. The van der Waals surface area contributed by atoms with Crippen molar-refractivity contribution in [3.05, 3.63) is 77.9 Å². The van der Waals surface area contributed by atoms with Gasteiger partial charge in [-0.15, -0.1) is 0 Å². The van der Waals surface area contributed by atoms with Crippen molar-refractivity contribution in [3.63, 3.8) is 0 Å². The Kier molecular flexibility index (Phi) is 7.80. The number of hydrogen-bond acceptors (Lipinski definition) is 2. The minimum absolute atomic E-state index is 0.799. The van der Waals surface area contributed by atoms with Crippen LogP contribution in [0.25, 0.3) is 10.8 Å². The molecule has 3 aromatic rings. The first-order valence-corrected chi connectivity index (χ1v) is 11.8. The molecule has 0 bridgehead atoms. The number of rotatable bonds is 9. The van der Waals surface area contributed by atoms with Gasteiger partial charge in [0.05, 0.1) is 6.61 Å². The number of unbranched alkanes of at least 4 members (excludes halogenated alkanes) is 2. The van der Waals surface area contributed by atoms with E-state index in [0.29, 0.717) is 0 Å². The van der Waals surface area contributed by atoms with Crippen molar-refractivity contribution in [2.24, 2.45) is 0 Å². The molecule has 4 rings (SSSR count). The Morgan fingerprint density at radius 3 is 2.27 bits per heavy atom. The highest BCUT2D eigenvalue weighted by Crippen LogP contribution is 2.23. The van der Waals surface area contributed by atoms with Gasteiger partial charge in [0.1, 0.15) is 5.75 Å². The van der Waals surface area contributed by atoms with Crippen LogP contribution < -0.4 is 4.74 Å². The van der Waals surface area contributed by atoms with Crippen molar-refractivity contribution in [1.82, 2.24) is 4.90 Å². The second-order valence-electron chi connectivity index (χ2n) is 8.68. The summed E-state index contributed by atoms with van der Waals surface area (Å²) >= 11 is 0. The fraction of sp³-hybridized carbons (Fsp3) is 0.429. The summed E-state index contributed by atoms with van der Waals surface area (Å²) in [5, 5.41) is 2.59. The molecule has 1 aliphatic heterocycles. The van der Waals surface area contributed by atoms with E-state index < -0.39 is 0 Å². The van der Waals surface area contributed by atoms with Crippen LogP contribution in [-0.4, -0.2) is 24.6 Å². The predicted octanol–water partition coefficient (Wildman–Crippen LogP) is 7.01. The zero-order chi connectivity index (χ0) is 20.4. The second-order valence-corrected chi connectivity index (χ2v) is 8.68. The zero-order valence-electron chi connectivity index (χ0n) is 18.2. The van der Waals surface area contributed by atoms with E-state index in [0.717, 1.165) is 31.7 Å². The van der Waals surface area contributed by atoms with E-state index in [1.54, 1.807) is 0 Å². The average Bonchev–Trinajstić information content (AvgIpc) is 3.05. The van der Waals surface area contributed by atoms with Crippen LogP contribution in [0.15, 0.2) is 66.7 Å². The summed E-state index contributed by atoms with van der Waals surface area (Å²) in [7, 11) is 0. The highest BCUT2D eigenvalue weighted by Gasteiger charge is 2.10. The number of ether oxygens (including phenoxy) is 1. The first kappa shape index (κ1) is 20.9. The maximum Gasteiger partial charge on any atom is 0.119 e. The molecule has 158 valence electrons. The lowest BCUT2D eigenvalue weighted by atomic mass is 10.1. The van der Waals surface area contributed by atoms with Crippen molar-refractivity contribution >= 4 is 10.8 Å². The fourth-order valence-electron chi connectivity index (χ4n) is 4.46. The molecule has 0 radical (unpaired) electrons. The smallest absolute Gasteiger partial charge is 0.119 e. The third-order valence-electron chi connectivity index (χ3n) is 6.20. The SMILES string of the molecule is c1ccc(CCCCCOc2ccc3cc(CN4CCCCCC4)ccc3c2)cc1. The van der Waals surface area contributed by atoms with Gasteiger partial charge in [-0.25, -0.2) is 0 Å². The number of nitrogens with zero attached hydrogens (tertiary/aromatic N) is 1. The van der Waals surface area contributed by atoms with Gasteiger partial charge in [-0.1, -0.05) is 61.4 Å². The molecule has 2 heteroatoms. The van der Waals surface area contributed by atoms with Gasteiger partial charge in [0.2, 0.25) is 0 Å². The van der Waals surface area contributed by atoms with E-state index in [2.05, 4.69) is 71.6 Å². The summed E-state index contributed by atoms with van der Waals surface area (Å²) in [4.78, 5) is 2.61. The van der Waals surface area contributed by atoms with Crippen molar-refractivity contribution in [3.8, 4) is 5.75 Å². The van der Waals surface area contributed by atoms with Crippen LogP contribution in [0, 0.1) is 0 Å². The second kappa shape index (κ2) is 11.2. The molecule has 2 nitrogen and oxygen atoms in total. The largest absolute Gasteiger partial charge is 0.494 e. The van der Waals surface area contributed by atoms with E-state index in [1.807, 2.05) is 0 Å². The van der Waals surface area contributed by atoms with Gasteiger partial charge >= 0.3 is 0 Å². The summed E-state index contributed by atoms with van der Waals surface area (Å²) in [5.41, 5.74) is 2.86. The van der Waals surface area contributed by atoms with Gasteiger partial charge in [-0.2, -0.15) is 0 Å². The molecule has 1 heterocycles. The molecular formula is C28H35NO. The Bertz CT molecular complexity index is 897. The van der Waals surface area contributed by atoms with Crippen LogP contribution in [0.2, 0.25) is 0 Å². The Labute approximate surface area is 181 Å². The Balaban J connectivity index is 1.23. The van der Waals surface area contributed by atoms with Crippen LogP contribution in [0.5, 0.6) is 5.75 Å². The van der Waals surface area contributed by atoms with E-state index in [1.165, 1.54) is 73.5 Å². The Hall–Kier alpha value is -2.32. The lowest BCUT2D eigenvalue weighted by molar-refractivity contribution is 0.277. The summed E-state index contributed by atoms with van der Waals surface area (Å²) in [6.07, 6.45) is 10.2. The van der Waals surface area contributed by atoms with Gasteiger partial charge in [-0.3, -0.25) is 4.90 Å². The first-order valence-electron chi connectivity index (χ1n) is 11.8.